The van der Waals surface area contributed by atoms with Gasteiger partial charge in [0.25, 0.3) is 0 Å². The van der Waals surface area contributed by atoms with Crippen LogP contribution < -0.4 is 5.73 Å². The van der Waals surface area contributed by atoms with Crippen molar-refractivity contribution in [3.8, 4) is 0 Å². The summed E-state index contributed by atoms with van der Waals surface area (Å²) in [5.41, 5.74) is 6.29. The van der Waals surface area contributed by atoms with Crippen molar-refractivity contribution >= 4 is 10.0 Å². The van der Waals surface area contributed by atoms with Crippen molar-refractivity contribution < 1.29 is 17.6 Å². The summed E-state index contributed by atoms with van der Waals surface area (Å²) in [6.45, 7) is 8.18. The summed E-state index contributed by atoms with van der Waals surface area (Å²) in [5.74, 6) is 0.977. The van der Waals surface area contributed by atoms with Crippen LogP contribution in [0.15, 0.2) is 9.31 Å². The van der Waals surface area contributed by atoms with Gasteiger partial charge in [-0.2, -0.15) is 4.31 Å². The van der Waals surface area contributed by atoms with Crippen molar-refractivity contribution in [2.24, 2.45) is 5.73 Å². The number of nitrogens with two attached hydrogens (primary N) is 1. The standard InChI is InChI=1S/C14H24N2O4S/c1-5-12-8-19-9(2)7-16(12)21(17,18)14-11(4)20-10(3)13(14)6-15/h9,12H,5-8,15H2,1-4H3. The van der Waals surface area contributed by atoms with Gasteiger partial charge in [-0.3, -0.25) is 0 Å². The third-order valence-electron chi connectivity index (χ3n) is 3.98. The highest BCUT2D eigenvalue weighted by Crippen LogP contribution is 2.31. The van der Waals surface area contributed by atoms with Crippen LogP contribution in [0.25, 0.3) is 0 Å². The van der Waals surface area contributed by atoms with Crippen LogP contribution >= 0.6 is 0 Å². The summed E-state index contributed by atoms with van der Waals surface area (Å²) in [6.07, 6.45) is 0.594. The molecule has 1 aromatic rings. The first-order valence-corrected chi connectivity index (χ1v) is 8.69. The Kier molecular flexibility index (Phi) is 4.77. The molecular weight excluding hydrogens is 292 g/mol. The van der Waals surface area contributed by atoms with Gasteiger partial charge in [0, 0.05) is 24.7 Å². The van der Waals surface area contributed by atoms with Crippen molar-refractivity contribution in [3.05, 3.63) is 17.1 Å². The maximum absolute atomic E-state index is 13.1. The zero-order valence-electron chi connectivity index (χ0n) is 13.0. The molecule has 7 heteroatoms. The second kappa shape index (κ2) is 6.08. The largest absolute Gasteiger partial charge is 0.465 e. The lowest BCUT2D eigenvalue weighted by Crippen LogP contribution is -2.51. The minimum atomic E-state index is -3.63. The number of rotatable bonds is 4. The van der Waals surface area contributed by atoms with E-state index >= 15 is 0 Å². The highest BCUT2D eigenvalue weighted by atomic mass is 32.2. The molecule has 0 bridgehead atoms. The summed E-state index contributed by atoms with van der Waals surface area (Å²) in [4.78, 5) is 0.232. The van der Waals surface area contributed by atoms with Gasteiger partial charge in [-0.15, -0.1) is 0 Å². The van der Waals surface area contributed by atoms with E-state index in [4.69, 9.17) is 14.9 Å². The van der Waals surface area contributed by atoms with Gasteiger partial charge in [0.2, 0.25) is 10.0 Å². The number of nitrogens with zero attached hydrogens (tertiary/aromatic N) is 1. The first kappa shape index (κ1) is 16.5. The van der Waals surface area contributed by atoms with Crippen LogP contribution in [0.1, 0.15) is 37.4 Å². The molecule has 1 saturated heterocycles. The molecule has 2 unspecified atom stereocenters. The highest BCUT2D eigenvalue weighted by Gasteiger charge is 2.39. The Hall–Kier alpha value is -0.890. The number of sulfonamides is 1. The van der Waals surface area contributed by atoms with Crippen LogP contribution in [0.4, 0.5) is 0 Å². The molecule has 1 fully saturated rings. The topological polar surface area (TPSA) is 85.8 Å². The van der Waals surface area contributed by atoms with Crippen LogP contribution in [-0.2, 0) is 21.3 Å². The van der Waals surface area contributed by atoms with E-state index in [1.807, 2.05) is 13.8 Å². The Morgan fingerprint density at radius 2 is 2.00 bits per heavy atom. The predicted octanol–water partition coefficient (Wildman–Crippen LogP) is 1.54. The summed E-state index contributed by atoms with van der Waals surface area (Å²) < 4.78 is 38.8. The lowest BCUT2D eigenvalue weighted by molar-refractivity contribution is -0.0230. The summed E-state index contributed by atoms with van der Waals surface area (Å²) >= 11 is 0. The molecule has 1 aliphatic heterocycles. The third-order valence-corrected chi connectivity index (χ3v) is 6.10. The zero-order valence-corrected chi connectivity index (χ0v) is 13.9. The summed E-state index contributed by atoms with van der Waals surface area (Å²) in [7, 11) is -3.63. The highest BCUT2D eigenvalue weighted by molar-refractivity contribution is 7.89. The minimum absolute atomic E-state index is 0.114. The number of aryl methyl sites for hydroxylation is 2. The first-order chi connectivity index (χ1) is 9.82. The van der Waals surface area contributed by atoms with E-state index in [-0.39, 0.29) is 23.6 Å². The van der Waals surface area contributed by atoms with Crippen LogP contribution in [0.3, 0.4) is 0 Å². The van der Waals surface area contributed by atoms with Crippen LogP contribution in [0.2, 0.25) is 0 Å². The molecule has 2 N–H and O–H groups in total. The Morgan fingerprint density at radius 1 is 1.33 bits per heavy atom. The number of ether oxygens (including phenoxy) is 1. The molecule has 21 heavy (non-hydrogen) atoms. The fraction of sp³-hybridized carbons (Fsp3) is 0.714. The second-order valence-electron chi connectivity index (χ2n) is 5.51. The average molecular weight is 316 g/mol. The molecule has 6 nitrogen and oxygen atoms in total. The van der Waals surface area contributed by atoms with Gasteiger partial charge in [0.05, 0.1) is 12.7 Å². The van der Waals surface area contributed by atoms with Gasteiger partial charge < -0.3 is 14.9 Å². The smallest absolute Gasteiger partial charge is 0.247 e. The van der Waals surface area contributed by atoms with Crippen molar-refractivity contribution in [1.82, 2.24) is 4.31 Å². The first-order valence-electron chi connectivity index (χ1n) is 7.25. The van der Waals surface area contributed by atoms with E-state index < -0.39 is 10.0 Å². The molecule has 1 aromatic heterocycles. The average Bonchev–Trinajstić information content (AvgIpc) is 2.73. The Labute approximate surface area is 126 Å². The molecule has 1 aliphatic rings. The zero-order chi connectivity index (χ0) is 15.8. The van der Waals surface area contributed by atoms with E-state index in [2.05, 4.69) is 0 Å². The number of hydrogen-bond acceptors (Lipinski definition) is 5. The number of morpholine rings is 1. The molecular formula is C14H24N2O4S. The van der Waals surface area contributed by atoms with Gasteiger partial charge in [-0.05, 0) is 27.2 Å². The molecule has 0 aliphatic carbocycles. The maximum atomic E-state index is 13.1. The second-order valence-corrected chi connectivity index (χ2v) is 7.33. The maximum Gasteiger partial charge on any atom is 0.247 e. The van der Waals surface area contributed by atoms with Crippen molar-refractivity contribution in [2.75, 3.05) is 13.2 Å². The Bertz CT molecular complexity index is 609. The fourth-order valence-electron chi connectivity index (χ4n) is 2.83. The summed E-state index contributed by atoms with van der Waals surface area (Å²) in [5, 5.41) is 0. The van der Waals surface area contributed by atoms with Gasteiger partial charge >= 0.3 is 0 Å². The van der Waals surface area contributed by atoms with Crippen molar-refractivity contribution in [2.45, 2.75) is 57.7 Å². The molecule has 0 spiro atoms. The van der Waals surface area contributed by atoms with Gasteiger partial charge in [0.1, 0.15) is 16.4 Å². The Morgan fingerprint density at radius 3 is 2.57 bits per heavy atom. The molecule has 120 valence electrons. The molecule has 2 rings (SSSR count). The van der Waals surface area contributed by atoms with Crippen LogP contribution in [-0.4, -0.2) is 38.0 Å². The number of furan rings is 1. The van der Waals surface area contributed by atoms with Gasteiger partial charge in [-0.1, -0.05) is 6.92 Å². The monoisotopic (exact) mass is 316 g/mol. The predicted molar refractivity (Wildman–Crippen MR) is 79.5 cm³/mol. The Balaban J connectivity index is 2.50. The lowest BCUT2D eigenvalue weighted by Gasteiger charge is -2.37. The van der Waals surface area contributed by atoms with Gasteiger partial charge in [-0.25, -0.2) is 8.42 Å². The molecule has 0 radical (unpaired) electrons. The lowest BCUT2D eigenvalue weighted by atomic mass is 10.2. The van der Waals surface area contributed by atoms with Crippen molar-refractivity contribution in [1.29, 1.82) is 0 Å². The quantitative estimate of drug-likeness (QED) is 0.910. The van der Waals surface area contributed by atoms with Crippen molar-refractivity contribution in [3.63, 3.8) is 0 Å². The molecule has 0 saturated carbocycles. The SMILES string of the molecule is CCC1COC(C)CN1S(=O)(=O)c1c(C)oc(C)c1CN. The van der Waals surface area contributed by atoms with E-state index in [1.54, 1.807) is 13.8 Å². The van der Waals surface area contributed by atoms with Crippen LogP contribution in [0.5, 0.6) is 0 Å². The normalized spacial score (nSPS) is 24.4. The van der Waals surface area contributed by atoms with E-state index in [0.29, 0.717) is 36.7 Å². The molecule has 0 aromatic carbocycles. The molecule has 0 amide bonds. The number of hydrogen-bond donors (Lipinski definition) is 1. The minimum Gasteiger partial charge on any atom is -0.465 e. The van der Waals surface area contributed by atoms with Crippen LogP contribution in [0, 0.1) is 13.8 Å². The molecule has 2 atom stereocenters. The van der Waals surface area contributed by atoms with E-state index in [1.165, 1.54) is 4.31 Å². The summed E-state index contributed by atoms with van der Waals surface area (Å²) in [6, 6.07) is -0.147. The molecule has 2 heterocycles. The third kappa shape index (κ3) is 2.88. The van der Waals surface area contributed by atoms with E-state index in [0.717, 1.165) is 0 Å². The van der Waals surface area contributed by atoms with Gasteiger partial charge in [0.15, 0.2) is 0 Å². The van der Waals surface area contributed by atoms with E-state index in [9.17, 15) is 8.42 Å². The fourth-order valence-corrected chi connectivity index (χ4v) is 5.02.